The van der Waals surface area contributed by atoms with Crippen molar-refractivity contribution in [1.82, 2.24) is 5.32 Å². The fraction of sp³-hybridized carbons (Fsp3) is 0.217. The first-order valence-corrected chi connectivity index (χ1v) is 9.04. The summed E-state index contributed by atoms with van der Waals surface area (Å²) in [5, 5.41) is 3.70. The molecule has 0 unspecified atom stereocenters. The maximum Gasteiger partial charge on any atom is 0.118 e. The van der Waals surface area contributed by atoms with Crippen molar-refractivity contribution in [3.05, 3.63) is 95.6 Å². The lowest BCUT2D eigenvalue weighted by atomic mass is 9.77. The van der Waals surface area contributed by atoms with Crippen molar-refractivity contribution in [2.45, 2.75) is 5.54 Å². The minimum absolute atomic E-state index is 0.529. The van der Waals surface area contributed by atoms with Crippen molar-refractivity contribution in [2.24, 2.45) is 5.73 Å². The first kappa shape index (κ1) is 19.0. The maximum atomic E-state index is 5.86. The van der Waals surface area contributed by atoms with E-state index in [1.54, 1.807) is 14.2 Å². The lowest BCUT2D eigenvalue weighted by Crippen LogP contribution is -2.46. The molecule has 4 nitrogen and oxygen atoms in total. The van der Waals surface area contributed by atoms with Gasteiger partial charge in [-0.1, -0.05) is 54.6 Å². The zero-order chi connectivity index (χ0) is 19.1. The Bertz CT molecular complexity index is 783. The highest BCUT2D eigenvalue weighted by molar-refractivity contribution is 5.51. The molecule has 0 saturated heterocycles. The van der Waals surface area contributed by atoms with Crippen molar-refractivity contribution in [2.75, 3.05) is 27.3 Å². The summed E-state index contributed by atoms with van der Waals surface area (Å²) in [4.78, 5) is 0. The number of rotatable bonds is 8. The molecule has 0 atom stereocenters. The molecule has 3 N–H and O–H groups in total. The van der Waals surface area contributed by atoms with Crippen LogP contribution in [-0.2, 0) is 5.54 Å². The second kappa shape index (κ2) is 8.71. The van der Waals surface area contributed by atoms with E-state index < -0.39 is 5.54 Å². The fourth-order valence-electron chi connectivity index (χ4n) is 3.44. The lowest BCUT2D eigenvalue weighted by molar-refractivity contribution is 0.412. The normalized spacial score (nSPS) is 11.2. The van der Waals surface area contributed by atoms with Crippen LogP contribution in [0.2, 0.25) is 0 Å². The Morgan fingerprint density at radius 2 is 1.15 bits per heavy atom. The molecule has 0 spiro atoms. The molecule has 0 radical (unpaired) electrons. The molecular weight excluding hydrogens is 336 g/mol. The topological polar surface area (TPSA) is 56.5 Å². The number of benzene rings is 3. The van der Waals surface area contributed by atoms with Crippen LogP contribution in [0.5, 0.6) is 11.5 Å². The summed E-state index contributed by atoms with van der Waals surface area (Å²) in [6.45, 7) is 1.22. The van der Waals surface area contributed by atoms with E-state index in [1.807, 2.05) is 30.3 Å². The largest absolute Gasteiger partial charge is 0.497 e. The van der Waals surface area contributed by atoms with Gasteiger partial charge in [-0.25, -0.2) is 0 Å². The van der Waals surface area contributed by atoms with Crippen LogP contribution in [0.4, 0.5) is 0 Å². The third-order valence-corrected chi connectivity index (χ3v) is 4.79. The SMILES string of the molecule is COc1ccc(C(NCCN)(c2ccccc2)c2ccc(OC)cc2)cc1. The van der Waals surface area contributed by atoms with Crippen molar-refractivity contribution in [3.63, 3.8) is 0 Å². The highest BCUT2D eigenvalue weighted by Crippen LogP contribution is 2.38. The summed E-state index contributed by atoms with van der Waals surface area (Å²) in [5.74, 6) is 1.66. The third kappa shape index (κ3) is 3.82. The first-order valence-electron chi connectivity index (χ1n) is 9.04. The average Bonchev–Trinajstić information content (AvgIpc) is 2.76. The highest BCUT2D eigenvalue weighted by atomic mass is 16.5. The molecule has 3 aromatic carbocycles. The van der Waals surface area contributed by atoms with Gasteiger partial charge in [-0.2, -0.15) is 0 Å². The molecular formula is C23H26N2O2. The van der Waals surface area contributed by atoms with E-state index >= 15 is 0 Å². The number of nitrogens with one attached hydrogen (secondary N) is 1. The molecule has 3 rings (SSSR count). The monoisotopic (exact) mass is 362 g/mol. The van der Waals surface area contributed by atoms with Gasteiger partial charge in [-0.3, -0.25) is 5.32 Å². The zero-order valence-electron chi connectivity index (χ0n) is 15.8. The second-order valence-corrected chi connectivity index (χ2v) is 6.29. The van der Waals surface area contributed by atoms with Crippen LogP contribution in [0.25, 0.3) is 0 Å². The van der Waals surface area contributed by atoms with Gasteiger partial charge in [0.05, 0.1) is 19.8 Å². The molecule has 27 heavy (non-hydrogen) atoms. The third-order valence-electron chi connectivity index (χ3n) is 4.79. The zero-order valence-corrected chi connectivity index (χ0v) is 15.8. The Morgan fingerprint density at radius 3 is 1.56 bits per heavy atom. The van der Waals surface area contributed by atoms with E-state index in [0.717, 1.165) is 28.2 Å². The Balaban J connectivity index is 2.22. The Hall–Kier alpha value is -2.82. The highest BCUT2D eigenvalue weighted by Gasteiger charge is 2.35. The lowest BCUT2D eigenvalue weighted by Gasteiger charge is -2.37. The maximum absolute atomic E-state index is 5.86. The minimum Gasteiger partial charge on any atom is -0.497 e. The van der Waals surface area contributed by atoms with E-state index in [9.17, 15) is 0 Å². The van der Waals surface area contributed by atoms with Gasteiger partial charge in [0, 0.05) is 13.1 Å². The van der Waals surface area contributed by atoms with Gasteiger partial charge in [0.25, 0.3) is 0 Å². The average molecular weight is 362 g/mol. The fourth-order valence-corrected chi connectivity index (χ4v) is 3.44. The van der Waals surface area contributed by atoms with E-state index in [2.05, 4.69) is 53.8 Å². The van der Waals surface area contributed by atoms with Gasteiger partial charge in [-0.15, -0.1) is 0 Å². The van der Waals surface area contributed by atoms with Crippen LogP contribution >= 0.6 is 0 Å². The quantitative estimate of drug-likeness (QED) is 0.602. The predicted octanol–water partition coefficient (Wildman–Crippen LogP) is 3.54. The van der Waals surface area contributed by atoms with E-state index in [4.69, 9.17) is 15.2 Å². The van der Waals surface area contributed by atoms with Crippen molar-refractivity contribution >= 4 is 0 Å². The summed E-state index contributed by atoms with van der Waals surface area (Å²) < 4.78 is 10.7. The summed E-state index contributed by atoms with van der Waals surface area (Å²) >= 11 is 0. The number of hydrogen-bond donors (Lipinski definition) is 2. The Kier molecular flexibility index (Phi) is 6.12. The number of ether oxygens (including phenoxy) is 2. The molecule has 0 aliphatic heterocycles. The van der Waals surface area contributed by atoms with E-state index in [-0.39, 0.29) is 0 Å². The second-order valence-electron chi connectivity index (χ2n) is 6.29. The van der Waals surface area contributed by atoms with E-state index in [0.29, 0.717) is 13.1 Å². The molecule has 0 heterocycles. The van der Waals surface area contributed by atoms with Gasteiger partial charge in [-0.05, 0) is 41.0 Å². The summed E-state index contributed by atoms with van der Waals surface area (Å²) in [6, 6.07) is 26.7. The summed E-state index contributed by atoms with van der Waals surface area (Å²) in [7, 11) is 3.35. The van der Waals surface area contributed by atoms with Crippen LogP contribution in [0, 0.1) is 0 Å². The first-order chi connectivity index (χ1) is 13.2. The molecule has 0 fully saturated rings. The van der Waals surface area contributed by atoms with Crippen LogP contribution in [0.3, 0.4) is 0 Å². The van der Waals surface area contributed by atoms with Crippen molar-refractivity contribution in [3.8, 4) is 11.5 Å². The van der Waals surface area contributed by atoms with Gasteiger partial charge in [0.1, 0.15) is 11.5 Å². The van der Waals surface area contributed by atoms with Crippen LogP contribution in [0.15, 0.2) is 78.9 Å². The van der Waals surface area contributed by atoms with Gasteiger partial charge < -0.3 is 15.2 Å². The van der Waals surface area contributed by atoms with Crippen molar-refractivity contribution < 1.29 is 9.47 Å². The smallest absolute Gasteiger partial charge is 0.118 e. The van der Waals surface area contributed by atoms with Gasteiger partial charge in [0.2, 0.25) is 0 Å². The molecule has 140 valence electrons. The standard InChI is InChI=1S/C23H26N2O2/c1-26-21-12-8-19(9-13-21)23(25-17-16-24,18-6-4-3-5-7-18)20-10-14-22(27-2)15-11-20/h3-15,25H,16-17,24H2,1-2H3. The Labute approximate surface area is 160 Å². The minimum atomic E-state index is -0.529. The molecule has 0 aliphatic carbocycles. The molecule has 0 saturated carbocycles. The molecule has 0 aromatic heterocycles. The number of methoxy groups -OCH3 is 2. The van der Waals surface area contributed by atoms with Gasteiger partial charge >= 0.3 is 0 Å². The molecule has 4 heteroatoms. The summed E-state index contributed by atoms with van der Waals surface area (Å²) in [5.41, 5.74) is 8.71. The molecule has 3 aromatic rings. The number of hydrogen-bond acceptors (Lipinski definition) is 4. The molecule has 0 amide bonds. The van der Waals surface area contributed by atoms with E-state index in [1.165, 1.54) is 0 Å². The van der Waals surface area contributed by atoms with Gasteiger partial charge in [0.15, 0.2) is 0 Å². The van der Waals surface area contributed by atoms with Crippen LogP contribution < -0.4 is 20.5 Å². The van der Waals surface area contributed by atoms with Crippen LogP contribution in [-0.4, -0.2) is 27.3 Å². The number of nitrogens with two attached hydrogens (primary N) is 1. The summed E-state index contributed by atoms with van der Waals surface area (Å²) in [6.07, 6.45) is 0. The molecule has 0 aliphatic rings. The van der Waals surface area contributed by atoms with Crippen LogP contribution in [0.1, 0.15) is 16.7 Å². The molecule has 0 bridgehead atoms. The Morgan fingerprint density at radius 1 is 0.704 bits per heavy atom. The predicted molar refractivity (Wildman–Crippen MR) is 109 cm³/mol. The van der Waals surface area contributed by atoms with Crippen molar-refractivity contribution in [1.29, 1.82) is 0 Å².